The van der Waals surface area contributed by atoms with Crippen LogP contribution in [0.1, 0.15) is 37.3 Å². The lowest BCUT2D eigenvalue weighted by Gasteiger charge is -2.22. The summed E-state index contributed by atoms with van der Waals surface area (Å²) in [6.07, 6.45) is 2.44. The molecule has 0 radical (unpaired) electrons. The molecular weight excluding hydrogens is 380 g/mol. The number of methoxy groups -OCH3 is 1. The van der Waals surface area contributed by atoms with E-state index in [1.165, 1.54) is 11.1 Å². The molecule has 1 unspecified atom stereocenters. The van der Waals surface area contributed by atoms with Crippen molar-refractivity contribution < 1.29 is 14.3 Å². The molecular formula is C23H36N4O3. The minimum Gasteiger partial charge on any atom is -0.382 e. The molecule has 7 nitrogen and oxygen atoms in total. The number of carbonyl (C=O) groups is 1. The number of hydrogen-bond acceptors (Lipinski definition) is 4. The number of rotatable bonds is 10. The molecule has 1 saturated heterocycles. The Hall–Kier alpha value is -2.12. The highest BCUT2D eigenvalue weighted by atomic mass is 16.5. The van der Waals surface area contributed by atoms with Crippen molar-refractivity contribution in [3.8, 4) is 0 Å². The van der Waals surface area contributed by atoms with Gasteiger partial charge in [-0.3, -0.25) is 9.79 Å². The second kappa shape index (κ2) is 11.9. The maximum absolute atomic E-state index is 12.6. The van der Waals surface area contributed by atoms with Crippen molar-refractivity contribution in [1.29, 1.82) is 0 Å². The number of likely N-dealkylation sites (tertiary alicyclic amines) is 1. The van der Waals surface area contributed by atoms with Crippen LogP contribution >= 0.6 is 0 Å². The molecule has 1 aromatic rings. The molecule has 1 amide bonds. The van der Waals surface area contributed by atoms with Gasteiger partial charge in [0.2, 0.25) is 5.91 Å². The van der Waals surface area contributed by atoms with Crippen LogP contribution in [0.15, 0.2) is 29.3 Å². The lowest BCUT2D eigenvalue weighted by Crippen LogP contribution is -2.40. The van der Waals surface area contributed by atoms with Gasteiger partial charge < -0.3 is 24.6 Å². The van der Waals surface area contributed by atoms with E-state index < -0.39 is 0 Å². The normalized spacial score (nSPS) is 18.7. The zero-order valence-electron chi connectivity index (χ0n) is 18.4. The highest BCUT2D eigenvalue weighted by Crippen LogP contribution is 2.23. The van der Waals surface area contributed by atoms with E-state index in [1.54, 1.807) is 7.11 Å². The SMILES string of the molecule is CCNC(=NCCCC(=O)N1Cc2ccccc2C1)N1CCC(COCCOC)C1. The van der Waals surface area contributed by atoms with Crippen molar-refractivity contribution in [3.05, 3.63) is 35.4 Å². The van der Waals surface area contributed by atoms with Crippen molar-refractivity contribution in [1.82, 2.24) is 15.1 Å². The van der Waals surface area contributed by atoms with Crippen LogP contribution < -0.4 is 5.32 Å². The number of hydrogen-bond donors (Lipinski definition) is 1. The van der Waals surface area contributed by atoms with E-state index in [9.17, 15) is 4.79 Å². The maximum atomic E-state index is 12.6. The van der Waals surface area contributed by atoms with Gasteiger partial charge in [0.1, 0.15) is 0 Å². The molecule has 1 fully saturated rings. The molecule has 0 spiro atoms. The first-order valence-electron chi connectivity index (χ1n) is 11.2. The van der Waals surface area contributed by atoms with E-state index >= 15 is 0 Å². The Bertz CT molecular complexity index is 684. The van der Waals surface area contributed by atoms with E-state index in [0.717, 1.165) is 58.1 Å². The number of nitrogens with zero attached hydrogens (tertiary/aromatic N) is 3. The average Bonchev–Trinajstić information content (AvgIpc) is 3.40. The number of carbonyl (C=O) groups excluding carboxylic acids is 1. The maximum Gasteiger partial charge on any atom is 0.223 e. The number of amides is 1. The van der Waals surface area contributed by atoms with Gasteiger partial charge in [-0.05, 0) is 30.9 Å². The lowest BCUT2D eigenvalue weighted by atomic mass is 10.1. The van der Waals surface area contributed by atoms with Crippen LogP contribution in [0.2, 0.25) is 0 Å². The van der Waals surface area contributed by atoms with Crippen LogP contribution in [0.3, 0.4) is 0 Å². The molecule has 1 aromatic carbocycles. The fraction of sp³-hybridized carbons (Fsp3) is 0.652. The van der Waals surface area contributed by atoms with Crippen molar-refractivity contribution in [2.75, 3.05) is 53.1 Å². The Kier molecular flexibility index (Phi) is 8.96. The molecule has 1 N–H and O–H groups in total. The van der Waals surface area contributed by atoms with Crippen LogP contribution in [0.25, 0.3) is 0 Å². The second-order valence-corrected chi connectivity index (χ2v) is 8.03. The van der Waals surface area contributed by atoms with Crippen molar-refractivity contribution in [2.45, 2.75) is 39.3 Å². The predicted molar refractivity (Wildman–Crippen MR) is 118 cm³/mol. The fourth-order valence-corrected chi connectivity index (χ4v) is 4.06. The highest BCUT2D eigenvalue weighted by Gasteiger charge is 2.25. The summed E-state index contributed by atoms with van der Waals surface area (Å²) < 4.78 is 10.7. The first-order valence-corrected chi connectivity index (χ1v) is 11.2. The molecule has 0 aromatic heterocycles. The van der Waals surface area contributed by atoms with Gasteiger partial charge in [0.05, 0.1) is 19.8 Å². The fourth-order valence-electron chi connectivity index (χ4n) is 4.06. The molecule has 2 heterocycles. The molecule has 3 rings (SSSR count). The van der Waals surface area contributed by atoms with Gasteiger partial charge in [-0.25, -0.2) is 0 Å². The third-order valence-electron chi connectivity index (χ3n) is 5.71. The summed E-state index contributed by atoms with van der Waals surface area (Å²) in [5.74, 6) is 1.71. The van der Waals surface area contributed by atoms with Crippen molar-refractivity contribution in [3.63, 3.8) is 0 Å². The number of ether oxygens (including phenoxy) is 2. The summed E-state index contributed by atoms with van der Waals surface area (Å²) in [5.41, 5.74) is 2.54. The number of fused-ring (bicyclic) bond motifs is 1. The predicted octanol–water partition coefficient (Wildman–Crippen LogP) is 2.26. The smallest absolute Gasteiger partial charge is 0.223 e. The van der Waals surface area contributed by atoms with Gasteiger partial charge in [-0.1, -0.05) is 24.3 Å². The van der Waals surface area contributed by atoms with E-state index in [4.69, 9.17) is 14.5 Å². The Morgan fingerprint density at radius 3 is 2.67 bits per heavy atom. The molecule has 166 valence electrons. The molecule has 2 aliphatic rings. The Morgan fingerprint density at radius 2 is 1.97 bits per heavy atom. The van der Waals surface area contributed by atoms with Gasteiger partial charge in [-0.2, -0.15) is 0 Å². The van der Waals surface area contributed by atoms with Crippen molar-refractivity contribution in [2.24, 2.45) is 10.9 Å². The van der Waals surface area contributed by atoms with Crippen LogP contribution in [0, 0.1) is 5.92 Å². The van der Waals surface area contributed by atoms with Crippen LogP contribution in [0.5, 0.6) is 0 Å². The minimum atomic E-state index is 0.223. The van der Waals surface area contributed by atoms with Crippen LogP contribution in [-0.2, 0) is 27.4 Å². The molecule has 30 heavy (non-hydrogen) atoms. The molecule has 7 heteroatoms. The number of guanidine groups is 1. The summed E-state index contributed by atoms with van der Waals surface area (Å²) in [4.78, 5) is 21.6. The van der Waals surface area contributed by atoms with E-state index in [1.807, 2.05) is 17.0 Å². The van der Waals surface area contributed by atoms with Gasteiger partial charge in [-0.15, -0.1) is 0 Å². The quantitative estimate of drug-likeness (QED) is 0.360. The first-order chi connectivity index (χ1) is 14.7. The molecule has 0 saturated carbocycles. The summed E-state index contributed by atoms with van der Waals surface area (Å²) in [6, 6.07) is 8.31. The molecule has 0 aliphatic carbocycles. The minimum absolute atomic E-state index is 0.223. The zero-order valence-corrected chi connectivity index (χ0v) is 18.4. The van der Waals surface area contributed by atoms with Gasteiger partial charge in [0, 0.05) is 58.7 Å². The summed E-state index contributed by atoms with van der Waals surface area (Å²) in [7, 11) is 1.69. The average molecular weight is 417 g/mol. The first kappa shape index (κ1) is 22.6. The van der Waals surface area contributed by atoms with Gasteiger partial charge >= 0.3 is 0 Å². The topological polar surface area (TPSA) is 66.4 Å². The monoisotopic (exact) mass is 416 g/mol. The van der Waals surface area contributed by atoms with E-state index in [2.05, 4.69) is 29.3 Å². The third-order valence-corrected chi connectivity index (χ3v) is 5.71. The lowest BCUT2D eigenvalue weighted by molar-refractivity contribution is -0.131. The van der Waals surface area contributed by atoms with Crippen molar-refractivity contribution >= 4 is 11.9 Å². The summed E-state index contributed by atoms with van der Waals surface area (Å²) in [6.45, 7) is 9.09. The molecule has 1 atom stereocenters. The zero-order chi connectivity index (χ0) is 21.2. The number of benzene rings is 1. The standard InChI is InChI=1S/C23H36N4O3/c1-3-24-23(26-12-10-19(15-26)18-30-14-13-29-2)25-11-6-9-22(28)27-16-20-7-4-5-8-21(20)17-27/h4-5,7-8,19H,3,6,9-18H2,1-2H3,(H,24,25). The number of aliphatic imine (C=N–C) groups is 1. The van der Waals surface area contributed by atoms with Gasteiger partial charge in [0.15, 0.2) is 5.96 Å². The Labute approximate surface area is 180 Å². The van der Waals surface area contributed by atoms with Crippen LogP contribution in [-0.4, -0.2) is 74.8 Å². The van der Waals surface area contributed by atoms with Gasteiger partial charge in [0.25, 0.3) is 0 Å². The van der Waals surface area contributed by atoms with E-state index in [-0.39, 0.29) is 5.91 Å². The Balaban J connectivity index is 1.39. The third kappa shape index (κ3) is 6.44. The highest BCUT2D eigenvalue weighted by molar-refractivity contribution is 5.80. The second-order valence-electron chi connectivity index (χ2n) is 8.03. The largest absolute Gasteiger partial charge is 0.382 e. The Morgan fingerprint density at radius 1 is 1.20 bits per heavy atom. The molecule has 0 bridgehead atoms. The molecule has 2 aliphatic heterocycles. The van der Waals surface area contributed by atoms with Crippen LogP contribution in [0.4, 0.5) is 0 Å². The number of nitrogens with one attached hydrogen (secondary N) is 1. The summed E-state index contributed by atoms with van der Waals surface area (Å²) >= 11 is 0. The summed E-state index contributed by atoms with van der Waals surface area (Å²) in [5, 5.41) is 3.40. The van der Waals surface area contributed by atoms with E-state index in [0.29, 0.717) is 32.1 Å².